The predicted molar refractivity (Wildman–Crippen MR) is 51.6 cm³/mol. The van der Waals surface area contributed by atoms with E-state index in [9.17, 15) is 0 Å². The summed E-state index contributed by atoms with van der Waals surface area (Å²) in [6.45, 7) is 9.22. The second-order valence-corrected chi connectivity index (χ2v) is 4.14. The Morgan fingerprint density at radius 2 is 1.18 bits per heavy atom. The largest absolute Gasteiger partial charge is 0.324 e. The molecule has 0 aromatic rings. The maximum Gasteiger partial charge on any atom is 0.0856 e. The Morgan fingerprint density at radius 3 is 1.36 bits per heavy atom. The van der Waals surface area contributed by atoms with Crippen LogP contribution in [0.3, 0.4) is 0 Å². The van der Waals surface area contributed by atoms with Crippen molar-refractivity contribution in [2.24, 2.45) is 0 Å². The molecule has 0 amide bonds. The van der Waals surface area contributed by atoms with E-state index in [0.29, 0.717) is 0 Å². The Kier molecular flexibility index (Phi) is 4.09. The van der Waals surface area contributed by atoms with Crippen molar-refractivity contribution in [3.05, 3.63) is 0 Å². The molecule has 0 aromatic carbocycles. The Bertz CT molecular complexity index is 95.4. The number of rotatable bonds is 4. The van der Waals surface area contributed by atoms with E-state index in [2.05, 4.69) is 41.8 Å². The summed E-state index contributed by atoms with van der Waals surface area (Å²) in [6.07, 6.45) is 2.55. The van der Waals surface area contributed by atoms with Gasteiger partial charge in [-0.15, -0.1) is 0 Å². The highest BCUT2D eigenvalue weighted by atomic mass is 15.3. The van der Waals surface area contributed by atoms with Crippen LogP contribution in [0.2, 0.25) is 0 Å². The number of nitrogens with zero attached hydrogens (tertiary/aromatic N) is 1. The van der Waals surface area contributed by atoms with Gasteiger partial charge in [0.25, 0.3) is 0 Å². The lowest BCUT2D eigenvalue weighted by molar-refractivity contribution is -0.935. The summed E-state index contributed by atoms with van der Waals surface area (Å²) in [5.74, 6) is 0. The van der Waals surface area contributed by atoms with Crippen LogP contribution in [0.4, 0.5) is 0 Å². The predicted octanol–water partition coefficient (Wildman–Crippen LogP) is 2.66. The molecular formula is C10H24N+. The average molecular weight is 158 g/mol. The first-order chi connectivity index (χ1) is 4.96. The minimum absolute atomic E-state index is 0.782. The van der Waals surface area contributed by atoms with Crippen LogP contribution in [-0.2, 0) is 0 Å². The molecule has 2 atom stereocenters. The summed E-state index contributed by atoms with van der Waals surface area (Å²) < 4.78 is 1.16. The molecular weight excluding hydrogens is 134 g/mol. The highest BCUT2D eigenvalue weighted by molar-refractivity contribution is 4.53. The first-order valence-electron chi connectivity index (χ1n) is 4.80. The molecule has 0 bridgehead atoms. The van der Waals surface area contributed by atoms with Crippen molar-refractivity contribution in [1.82, 2.24) is 0 Å². The molecule has 0 spiro atoms. The number of hydrogen-bond donors (Lipinski definition) is 0. The maximum absolute atomic E-state index is 2.34. The molecule has 0 aliphatic rings. The van der Waals surface area contributed by atoms with Crippen LogP contribution in [0.25, 0.3) is 0 Å². The zero-order valence-corrected chi connectivity index (χ0v) is 9.02. The average Bonchev–Trinajstić information content (AvgIpc) is 2.01. The van der Waals surface area contributed by atoms with Crippen LogP contribution in [-0.4, -0.2) is 30.7 Å². The fraction of sp³-hybridized carbons (Fsp3) is 1.00. The second-order valence-electron chi connectivity index (χ2n) is 4.14. The minimum atomic E-state index is 0.782. The zero-order valence-electron chi connectivity index (χ0n) is 9.02. The van der Waals surface area contributed by atoms with E-state index >= 15 is 0 Å². The molecule has 0 aliphatic heterocycles. The molecule has 0 radical (unpaired) electrons. The van der Waals surface area contributed by atoms with Crippen molar-refractivity contribution in [2.75, 3.05) is 14.1 Å². The topological polar surface area (TPSA) is 0 Å². The van der Waals surface area contributed by atoms with Gasteiger partial charge in [0, 0.05) is 0 Å². The lowest BCUT2D eigenvalue weighted by Crippen LogP contribution is -2.52. The van der Waals surface area contributed by atoms with Gasteiger partial charge in [-0.25, -0.2) is 0 Å². The van der Waals surface area contributed by atoms with Gasteiger partial charge in [-0.1, -0.05) is 13.8 Å². The third kappa shape index (κ3) is 2.48. The van der Waals surface area contributed by atoms with E-state index in [0.717, 1.165) is 16.6 Å². The van der Waals surface area contributed by atoms with Gasteiger partial charge in [-0.2, -0.15) is 0 Å². The molecule has 0 fully saturated rings. The monoisotopic (exact) mass is 158 g/mol. The standard InChI is InChI=1S/C10H24N/c1-7-9(3)11(5,6)10(4)8-2/h9-10H,7-8H2,1-6H3/q+1/t9-,10-/m0/s1. The van der Waals surface area contributed by atoms with Gasteiger partial charge >= 0.3 is 0 Å². The third-order valence-electron chi connectivity index (χ3n) is 3.45. The van der Waals surface area contributed by atoms with E-state index in [4.69, 9.17) is 0 Å². The summed E-state index contributed by atoms with van der Waals surface area (Å²) in [5, 5.41) is 0. The lowest BCUT2D eigenvalue weighted by atomic mass is 10.1. The molecule has 0 N–H and O–H groups in total. The quantitative estimate of drug-likeness (QED) is 0.552. The van der Waals surface area contributed by atoms with Crippen molar-refractivity contribution in [3.8, 4) is 0 Å². The van der Waals surface area contributed by atoms with Crippen LogP contribution in [0.1, 0.15) is 40.5 Å². The minimum Gasteiger partial charge on any atom is -0.324 e. The first-order valence-corrected chi connectivity index (χ1v) is 4.80. The second kappa shape index (κ2) is 4.10. The molecule has 1 nitrogen and oxygen atoms in total. The highest BCUT2D eigenvalue weighted by Crippen LogP contribution is 2.17. The van der Waals surface area contributed by atoms with Gasteiger partial charge in [0.05, 0.1) is 26.2 Å². The van der Waals surface area contributed by atoms with Gasteiger partial charge in [0.15, 0.2) is 0 Å². The molecule has 0 aromatic heterocycles. The summed E-state index contributed by atoms with van der Waals surface area (Å²) in [5.41, 5.74) is 0. The van der Waals surface area contributed by atoms with Gasteiger partial charge in [0.1, 0.15) is 0 Å². The molecule has 0 aliphatic carbocycles. The SMILES string of the molecule is CC[C@H](C)[N+](C)(C)[C@@H](C)CC. The van der Waals surface area contributed by atoms with E-state index in [-0.39, 0.29) is 0 Å². The Labute approximate surface area is 72.0 Å². The summed E-state index contributed by atoms with van der Waals surface area (Å²) in [7, 11) is 4.67. The Hall–Kier alpha value is -0.0400. The van der Waals surface area contributed by atoms with Crippen LogP contribution < -0.4 is 0 Å². The number of hydrogen-bond acceptors (Lipinski definition) is 0. The third-order valence-corrected chi connectivity index (χ3v) is 3.45. The van der Waals surface area contributed by atoms with Crippen molar-refractivity contribution in [3.63, 3.8) is 0 Å². The van der Waals surface area contributed by atoms with Gasteiger partial charge in [-0.05, 0) is 26.7 Å². The van der Waals surface area contributed by atoms with E-state index in [1.165, 1.54) is 12.8 Å². The van der Waals surface area contributed by atoms with Crippen molar-refractivity contribution >= 4 is 0 Å². The smallest absolute Gasteiger partial charge is 0.0856 e. The fourth-order valence-corrected chi connectivity index (χ4v) is 1.38. The van der Waals surface area contributed by atoms with E-state index in [1.54, 1.807) is 0 Å². The van der Waals surface area contributed by atoms with Crippen molar-refractivity contribution in [2.45, 2.75) is 52.6 Å². The van der Waals surface area contributed by atoms with Crippen LogP contribution in [0.15, 0.2) is 0 Å². The first kappa shape index (κ1) is 11.0. The van der Waals surface area contributed by atoms with Crippen molar-refractivity contribution in [1.29, 1.82) is 0 Å². The zero-order chi connectivity index (χ0) is 9.07. The van der Waals surface area contributed by atoms with Crippen LogP contribution >= 0.6 is 0 Å². The number of quaternary nitrogens is 1. The fourth-order valence-electron chi connectivity index (χ4n) is 1.38. The molecule has 11 heavy (non-hydrogen) atoms. The van der Waals surface area contributed by atoms with Gasteiger partial charge in [0.2, 0.25) is 0 Å². The highest BCUT2D eigenvalue weighted by Gasteiger charge is 2.27. The molecule has 0 saturated carbocycles. The van der Waals surface area contributed by atoms with Crippen molar-refractivity contribution < 1.29 is 4.48 Å². The Morgan fingerprint density at radius 1 is 0.909 bits per heavy atom. The van der Waals surface area contributed by atoms with Gasteiger partial charge in [-0.3, -0.25) is 0 Å². The van der Waals surface area contributed by atoms with E-state index in [1.807, 2.05) is 0 Å². The van der Waals surface area contributed by atoms with E-state index < -0.39 is 0 Å². The molecule has 68 valence electrons. The maximum atomic E-state index is 2.34. The van der Waals surface area contributed by atoms with Crippen LogP contribution in [0.5, 0.6) is 0 Å². The molecule has 1 heteroatoms. The molecule has 0 unspecified atom stereocenters. The van der Waals surface area contributed by atoms with Crippen LogP contribution in [0, 0.1) is 0 Å². The molecule has 0 heterocycles. The molecule has 0 saturated heterocycles. The summed E-state index contributed by atoms with van der Waals surface area (Å²) in [4.78, 5) is 0. The Balaban J connectivity index is 4.18. The summed E-state index contributed by atoms with van der Waals surface area (Å²) in [6, 6.07) is 1.56. The lowest BCUT2D eigenvalue weighted by Gasteiger charge is -2.41. The van der Waals surface area contributed by atoms with Gasteiger partial charge < -0.3 is 4.48 Å². The summed E-state index contributed by atoms with van der Waals surface area (Å²) >= 11 is 0. The molecule has 0 rings (SSSR count). The normalized spacial score (nSPS) is 18.0.